The van der Waals surface area contributed by atoms with Crippen molar-refractivity contribution in [1.29, 1.82) is 0 Å². The number of sulfonamides is 1. The zero-order chi connectivity index (χ0) is 18.4. The third-order valence-electron chi connectivity index (χ3n) is 4.54. The third kappa shape index (κ3) is 4.89. The van der Waals surface area contributed by atoms with Crippen molar-refractivity contribution in [2.45, 2.75) is 49.6 Å². The molecular formula is C19H23N3O3S. The summed E-state index contributed by atoms with van der Waals surface area (Å²) >= 11 is 0. The molecule has 7 heteroatoms. The minimum Gasteiger partial charge on any atom is -0.349 e. The molecule has 0 aliphatic heterocycles. The number of hydrogen-bond acceptors (Lipinski definition) is 4. The highest BCUT2D eigenvalue weighted by Gasteiger charge is 2.19. The molecular weight excluding hydrogens is 350 g/mol. The fraction of sp³-hybridized carbons (Fsp3) is 0.368. The summed E-state index contributed by atoms with van der Waals surface area (Å²) in [5.74, 6) is -0.221. The molecule has 0 bridgehead atoms. The van der Waals surface area contributed by atoms with Crippen LogP contribution >= 0.6 is 0 Å². The summed E-state index contributed by atoms with van der Waals surface area (Å²) in [6, 6.07) is 9.86. The van der Waals surface area contributed by atoms with E-state index in [1.807, 2.05) is 0 Å². The van der Waals surface area contributed by atoms with Crippen molar-refractivity contribution in [2.24, 2.45) is 0 Å². The first-order chi connectivity index (χ1) is 12.5. The Balaban J connectivity index is 1.68. The first-order valence-corrected chi connectivity index (χ1v) is 10.3. The maximum absolute atomic E-state index is 12.5. The second kappa shape index (κ2) is 8.42. The number of benzene rings is 1. The molecule has 1 saturated carbocycles. The molecule has 3 rings (SSSR count). The van der Waals surface area contributed by atoms with Gasteiger partial charge in [-0.05, 0) is 42.7 Å². The van der Waals surface area contributed by atoms with Crippen LogP contribution in [0.25, 0.3) is 0 Å². The molecule has 6 nitrogen and oxygen atoms in total. The van der Waals surface area contributed by atoms with E-state index < -0.39 is 10.0 Å². The molecule has 1 aliphatic rings. The van der Waals surface area contributed by atoms with E-state index in [2.05, 4.69) is 15.0 Å². The van der Waals surface area contributed by atoms with Crippen LogP contribution in [0.4, 0.5) is 0 Å². The van der Waals surface area contributed by atoms with Gasteiger partial charge in [-0.3, -0.25) is 9.78 Å². The van der Waals surface area contributed by atoms with Crippen molar-refractivity contribution >= 4 is 15.9 Å². The number of amides is 1. The van der Waals surface area contributed by atoms with Gasteiger partial charge in [0.1, 0.15) is 0 Å². The lowest BCUT2D eigenvalue weighted by molar-refractivity contribution is 0.0927. The minimum absolute atomic E-state index is 0.0812. The molecule has 1 aliphatic carbocycles. The number of nitrogens with zero attached hydrogens (tertiary/aromatic N) is 1. The van der Waals surface area contributed by atoms with E-state index in [4.69, 9.17) is 0 Å². The molecule has 2 N–H and O–H groups in total. The van der Waals surface area contributed by atoms with E-state index in [1.54, 1.807) is 36.7 Å². The largest absolute Gasteiger partial charge is 0.349 e. The van der Waals surface area contributed by atoms with E-state index in [0.29, 0.717) is 5.56 Å². The van der Waals surface area contributed by atoms with Crippen LogP contribution in [0.3, 0.4) is 0 Å². The Morgan fingerprint density at radius 3 is 2.65 bits per heavy atom. The zero-order valence-corrected chi connectivity index (χ0v) is 15.3. The van der Waals surface area contributed by atoms with Gasteiger partial charge in [0, 0.05) is 30.5 Å². The number of carbonyl (C=O) groups excluding carboxylic acids is 1. The normalized spacial score (nSPS) is 15.5. The number of hydrogen-bond donors (Lipinski definition) is 2. The summed E-state index contributed by atoms with van der Waals surface area (Å²) in [6.07, 6.45) is 8.66. The summed E-state index contributed by atoms with van der Waals surface area (Å²) in [5.41, 5.74) is 1.13. The number of rotatable bonds is 6. The number of aromatic nitrogens is 1. The highest BCUT2D eigenvalue weighted by Crippen LogP contribution is 2.18. The van der Waals surface area contributed by atoms with Crippen molar-refractivity contribution in [1.82, 2.24) is 15.0 Å². The summed E-state index contributed by atoms with van der Waals surface area (Å²) in [4.78, 5) is 16.5. The van der Waals surface area contributed by atoms with Crippen LogP contribution in [0, 0.1) is 0 Å². The van der Waals surface area contributed by atoms with Gasteiger partial charge in [-0.1, -0.05) is 31.4 Å². The highest BCUT2D eigenvalue weighted by atomic mass is 32.2. The fourth-order valence-electron chi connectivity index (χ4n) is 3.08. The Morgan fingerprint density at radius 1 is 1.12 bits per heavy atom. The first-order valence-electron chi connectivity index (χ1n) is 8.84. The van der Waals surface area contributed by atoms with Gasteiger partial charge in [0.25, 0.3) is 5.91 Å². The molecule has 26 heavy (non-hydrogen) atoms. The van der Waals surface area contributed by atoms with Crippen LogP contribution in [0.5, 0.6) is 0 Å². The van der Waals surface area contributed by atoms with E-state index in [0.717, 1.165) is 31.2 Å². The van der Waals surface area contributed by atoms with Crippen LogP contribution in [0.2, 0.25) is 0 Å². The molecule has 0 unspecified atom stereocenters. The van der Waals surface area contributed by atoms with Gasteiger partial charge in [0.2, 0.25) is 10.0 Å². The number of nitrogens with one attached hydrogen (secondary N) is 2. The van der Waals surface area contributed by atoms with E-state index in [1.165, 1.54) is 18.6 Å². The molecule has 0 spiro atoms. The molecule has 138 valence electrons. The van der Waals surface area contributed by atoms with E-state index >= 15 is 0 Å². The standard InChI is InChI=1S/C19H23N3O3S/c23-19(22-17-8-2-1-3-9-17)16-7-4-10-18(12-16)26(24,25)21-14-15-6-5-11-20-13-15/h4-7,10-13,17,21H,1-3,8-9,14H2,(H,22,23). The maximum Gasteiger partial charge on any atom is 0.251 e. The van der Waals surface area contributed by atoms with Crippen molar-refractivity contribution in [3.63, 3.8) is 0 Å². The summed E-state index contributed by atoms with van der Waals surface area (Å²) in [5, 5.41) is 3.01. The molecule has 1 fully saturated rings. The summed E-state index contributed by atoms with van der Waals surface area (Å²) in [7, 11) is -3.71. The van der Waals surface area contributed by atoms with Crippen molar-refractivity contribution in [3.8, 4) is 0 Å². The zero-order valence-electron chi connectivity index (χ0n) is 14.5. The van der Waals surface area contributed by atoms with Crippen LogP contribution < -0.4 is 10.0 Å². The van der Waals surface area contributed by atoms with Crippen LogP contribution in [0.1, 0.15) is 48.0 Å². The smallest absolute Gasteiger partial charge is 0.251 e. The average molecular weight is 373 g/mol. The third-order valence-corrected chi connectivity index (χ3v) is 5.93. The van der Waals surface area contributed by atoms with Gasteiger partial charge in [-0.25, -0.2) is 13.1 Å². The predicted molar refractivity (Wildman–Crippen MR) is 99.0 cm³/mol. The molecule has 1 aromatic heterocycles. The summed E-state index contributed by atoms with van der Waals surface area (Å²) < 4.78 is 27.6. The molecule has 0 saturated heterocycles. The quantitative estimate of drug-likeness (QED) is 0.815. The Hall–Kier alpha value is -2.25. The van der Waals surface area contributed by atoms with E-state index in [-0.39, 0.29) is 23.4 Å². The molecule has 2 aromatic rings. The van der Waals surface area contributed by atoms with E-state index in [9.17, 15) is 13.2 Å². The predicted octanol–water partition coefficient (Wildman–Crippen LogP) is 2.62. The SMILES string of the molecule is O=C(NC1CCCCC1)c1cccc(S(=O)(=O)NCc2cccnc2)c1. The molecule has 1 aromatic carbocycles. The number of pyridine rings is 1. The topological polar surface area (TPSA) is 88.2 Å². The second-order valence-electron chi connectivity index (χ2n) is 6.52. The fourth-order valence-corrected chi connectivity index (χ4v) is 4.15. The van der Waals surface area contributed by atoms with Gasteiger partial charge in [-0.15, -0.1) is 0 Å². The monoisotopic (exact) mass is 373 g/mol. The minimum atomic E-state index is -3.71. The van der Waals surface area contributed by atoms with Crippen LogP contribution in [-0.4, -0.2) is 25.4 Å². The maximum atomic E-state index is 12.5. The first kappa shape index (κ1) is 18.5. The van der Waals surface area contributed by atoms with Gasteiger partial charge in [0.05, 0.1) is 4.90 Å². The Morgan fingerprint density at radius 2 is 1.92 bits per heavy atom. The van der Waals surface area contributed by atoms with Gasteiger partial charge in [0.15, 0.2) is 0 Å². The number of carbonyl (C=O) groups is 1. The summed E-state index contributed by atoms with van der Waals surface area (Å²) in [6.45, 7) is 0.147. The van der Waals surface area contributed by atoms with Crippen LogP contribution in [-0.2, 0) is 16.6 Å². The molecule has 1 amide bonds. The highest BCUT2D eigenvalue weighted by molar-refractivity contribution is 7.89. The van der Waals surface area contributed by atoms with Gasteiger partial charge < -0.3 is 5.32 Å². The second-order valence-corrected chi connectivity index (χ2v) is 8.29. The lowest BCUT2D eigenvalue weighted by Gasteiger charge is -2.22. The van der Waals surface area contributed by atoms with Crippen molar-refractivity contribution in [3.05, 3.63) is 59.9 Å². The molecule has 0 atom stereocenters. The Bertz CT molecular complexity index is 847. The van der Waals surface area contributed by atoms with Gasteiger partial charge in [-0.2, -0.15) is 0 Å². The molecule has 1 heterocycles. The Labute approximate surface area is 154 Å². The van der Waals surface area contributed by atoms with Crippen molar-refractivity contribution in [2.75, 3.05) is 0 Å². The molecule has 0 radical (unpaired) electrons. The van der Waals surface area contributed by atoms with Crippen molar-refractivity contribution < 1.29 is 13.2 Å². The van der Waals surface area contributed by atoms with Crippen LogP contribution in [0.15, 0.2) is 53.7 Å². The van der Waals surface area contributed by atoms with Gasteiger partial charge >= 0.3 is 0 Å². The lowest BCUT2D eigenvalue weighted by atomic mass is 9.95. The lowest BCUT2D eigenvalue weighted by Crippen LogP contribution is -2.36. The Kier molecular flexibility index (Phi) is 6.00. The average Bonchev–Trinajstić information content (AvgIpc) is 2.68.